The first-order valence-corrected chi connectivity index (χ1v) is 10.9. The summed E-state index contributed by atoms with van der Waals surface area (Å²) in [6.07, 6.45) is 5.80. The average Bonchev–Trinajstić information content (AvgIpc) is 3.22. The van der Waals surface area contributed by atoms with E-state index in [-0.39, 0.29) is 11.5 Å². The van der Waals surface area contributed by atoms with Crippen LogP contribution in [0.3, 0.4) is 0 Å². The van der Waals surface area contributed by atoms with E-state index in [2.05, 4.69) is 10.3 Å². The number of nitrogens with one attached hydrogen (secondary N) is 1. The molecular weight excluding hydrogens is 434 g/mol. The fourth-order valence-corrected chi connectivity index (χ4v) is 4.39. The molecule has 0 aliphatic carbocycles. The van der Waals surface area contributed by atoms with Gasteiger partial charge in [-0.1, -0.05) is 24.3 Å². The Labute approximate surface area is 185 Å². The Morgan fingerprint density at radius 2 is 1.97 bits per heavy atom. The van der Waals surface area contributed by atoms with Gasteiger partial charge in [0.05, 0.1) is 5.69 Å². The van der Waals surface area contributed by atoms with Gasteiger partial charge in [-0.05, 0) is 36.4 Å². The van der Waals surface area contributed by atoms with Gasteiger partial charge in [0.25, 0.3) is 10.0 Å². The molecule has 0 aliphatic rings. The van der Waals surface area contributed by atoms with Crippen LogP contribution in [0.15, 0.2) is 78.1 Å². The topological polar surface area (TPSA) is 128 Å². The van der Waals surface area contributed by atoms with Crippen molar-refractivity contribution in [3.63, 3.8) is 0 Å². The van der Waals surface area contributed by atoms with Crippen molar-refractivity contribution < 1.29 is 27.9 Å². The lowest BCUT2D eigenvalue weighted by Crippen LogP contribution is -2.14. The van der Waals surface area contributed by atoms with Gasteiger partial charge in [-0.3, -0.25) is 4.98 Å². The predicted octanol–water partition coefficient (Wildman–Crippen LogP) is 2.19. The number of aromatic nitrogens is 2. The predicted molar refractivity (Wildman–Crippen MR) is 116 cm³/mol. The van der Waals surface area contributed by atoms with Crippen molar-refractivity contribution in [1.29, 1.82) is 0 Å². The smallest absolute Gasteiger partial charge is 0.331 e. The number of hydrogen-bond acceptors (Lipinski definition) is 7. The summed E-state index contributed by atoms with van der Waals surface area (Å²) in [6, 6.07) is 11.7. The van der Waals surface area contributed by atoms with E-state index in [9.17, 15) is 18.0 Å². The Hall–Kier alpha value is -3.76. The van der Waals surface area contributed by atoms with Gasteiger partial charge in [-0.2, -0.15) is 0 Å². The molecule has 0 saturated heterocycles. The number of rotatable bonds is 9. The van der Waals surface area contributed by atoms with Crippen LogP contribution < -0.4 is 5.32 Å². The first kappa shape index (κ1) is 22.9. The minimum atomic E-state index is -3.94. The molecule has 1 aromatic carbocycles. The first-order chi connectivity index (χ1) is 15.3. The molecule has 166 valence electrons. The fourth-order valence-electron chi connectivity index (χ4n) is 3.04. The Morgan fingerprint density at radius 3 is 2.66 bits per heavy atom. The van der Waals surface area contributed by atoms with Crippen molar-refractivity contribution in [2.45, 2.75) is 18.0 Å². The van der Waals surface area contributed by atoms with Crippen LogP contribution in [0.4, 0.5) is 0 Å². The minimum absolute atomic E-state index is 0.0376. The van der Waals surface area contributed by atoms with Gasteiger partial charge < -0.3 is 15.2 Å². The number of nitrogens with zero attached hydrogens (tertiary/aromatic N) is 2. The second-order valence-electron chi connectivity index (χ2n) is 6.69. The van der Waals surface area contributed by atoms with Gasteiger partial charge in [0, 0.05) is 42.9 Å². The number of carboxylic acid groups (broad SMARTS) is 1. The Morgan fingerprint density at radius 1 is 1.19 bits per heavy atom. The molecule has 9 nitrogen and oxygen atoms in total. The van der Waals surface area contributed by atoms with Crippen LogP contribution in [0.25, 0.3) is 11.3 Å². The molecule has 0 bridgehead atoms. The summed E-state index contributed by atoms with van der Waals surface area (Å²) in [6.45, 7) is 0.276. The highest BCUT2D eigenvalue weighted by molar-refractivity contribution is 7.90. The van der Waals surface area contributed by atoms with Crippen LogP contribution in [-0.4, -0.2) is 41.5 Å². The third-order valence-corrected chi connectivity index (χ3v) is 6.10. The summed E-state index contributed by atoms with van der Waals surface area (Å²) in [5, 5.41) is 11.6. The Balaban J connectivity index is 2.03. The van der Waals surface area contributed by atoms with Crippen LogP contribution in [0.5, 0.6) is 0 Å². The molecule has 0 amide bonds. The number of hydrogen-bond donors (Lipinski definition) is 2. The van der Waals surface area contributed by atoms with E-state index in [1.165, 1.54) is 28.6 Å². The average molecular weight is 455 g/mol. The van der Waals surface area contributed by atoms with Crippen molar-refractivity contribution in [2.75, 3.05) is 7.05 Å². The normalized spacial score (nSPS) is 11.5. The Kier molecular flexibility index (Phi) is 7.18. The second-order valence-corrected chi connectivity index (χ2v) is 8.50. The molecular formula is C22H21N3O6S. The van der Waals surface area contributed by atoms with Gasteiger partial charge >= 0.3 is 11.9 Å². The van der Waals surface area contributed by atoms with Gasteiger partial charge in [0.15, 0.2) is 0 Å². The molecule has 32 heavy (non-hydrogen) atoms. The highest BCUT2D eigenvalue weighted by Gasteiger charge is 2.23. The van der Waals surface area contributed by atoms with Crippen molar-refractivity contribution in [3.05, 3.63) is 84.3 Å². The molecule has 0 fully saturated rings. The molecule has 3 aromatic rings. The summed E-state index contributed by atoms with van der Waals surface area (Å²) in [4.78, 5) is 26.3. The number of carboxylic acids is 1. The molecule has 0 atom stereocenters. The molecule has 0 spiro atoms. The van der Waals surface area contributed by atoms with Gasteiger partial charge in [-0.15, -0.1) is 0 Å². The molecule has 10 heteroatoms. The van der Waals surface area contributed by atoms with Crippen molar-refractivity contribution in [2.24, 2.45) is 0 Å². The number of carbonyl (C=O) groups excluding carboxylic acids is 1. The summed E-state index contributed by atoms with van der Waals surface area (Å²) in [5.41, 5.74) is 2.25. The maximum Gasteiger partial charge on any atom is 0.331 e. The van der Waals surface area contributed by atoms with Crippen molar-refractivity contribution in [1.82, 2.24) is 14.3 Å². The lowest BCUT2D eigenvalue weighted by atomic mass is 10.0. The van der Waals surface area contributed by atoms with Gasteiger partial charge in [-0.25, -0.2) is 22.0 Å². The summed E-state index contributed by atoms with van der Waals surface area (Å²) in [7, 11) is -2.18. The number of benzene rings is 1. The van der Waals surface area contributed by atoms with E-state index in [0.717, 1.165) is 11.6 Å². The zero-order chi connectivity index (χ0) is 23.1. The quantitative estimate of drug-likeness (QED) is 0.371. The fraction of sp³-hybridized carbons (Fsp3) is 0.136. The zero-order valence-corrected chi connectivity index (χ0v) is 18.0. The van der Waals surface area contributed by atoms with Crippen LogP contribution in [0, 0.1) is 0 Å². The van der Waals surface area contributed by atoms with Crippen molar-refractivity contribution in [3.8, 4) is 11.3 Å². The standard InChI is InChI=1S/C22H21N3O6S/c1-23-12-16-11-20(25(14-16)32(29,30)18-6-4-10-24-13-18)19-7-3-2-5-17(19)15-31-22(28)9-8-21(26)27/h2-11,13-14,23H,12,15H2,1H3,(H,26,27)/b9-8+. The van der Waals surface area contributed by atoms with Gasteiger partial charge in [0.1, 0.15) is 11.5 Å². The number of ether oxygens (including phenoxy) is 1. The number of pyridine rings is 1. The molecule has 2 heterocycles. The lowest BCUT2D eigenvalue weighted by molar-refractivity contribution is -0.139. The van der Waals surface area contributed by atoms with E-state index in [0.29, 0.717) is 29.4 Å². The summed E-state index contributed by atoms with van der Waals surface area (Å²) >= 11 is 0. The third-order valence-electron chi connectivity index (χ3n) is 4.44. The van der Waals surface area contributed by atoms with E-state index in [1.807, 2.05) is 0 Å². The maximum atomic E-state index is 13.3. The summed E-state index contributed by atoms with van der Waals surface area (Å²) in [5.74, 6) is -2.09. The second kappa shape index (κ2) is 10.0. The molecule has 0 aliphatic heterocycles. The number of aliphatic carboxylic acids is 1. The van der Waals surface area contributed by atoms with Gasteiger partial charge in [0.2, 0.25) is 0 Å². The molecule has 0 radical (unpaired) electrons. The number of esters is 1. The maximum absolute atomic E-state index is 13.3. The largest absolute Gasteiger partial charge is 0.478 e. The first-order valence-electron chi connectivity index (χ1n) is 9.50. The highest BCUT2D eigenvalue weighted by Crippen LogP contribution is 2.30. The highest BCUT2D eigenvalue weighted by atomic mass is 32.2. The monoisotopic (exact) mass is 455 g/mol. The Bertz CT molecular complexity index is 1250. The van der Waals surface area contributed by atoms with Crippen LogP contribution in [0.2, 0.25) is 0 Å². The molecule has 0 saturated carbocycles. The molecule has 2 aromatic heterocycles. The third kappa shape index (κ3) is 5.29. The van der Waals surface area contributed by atoms with Crippen molar-refractivity contribution >= 4 is 22.0 Å². The lowest BCUT2D eigenvalue weighted by Gasteiger charge is -2.13. The van der Waals surface area contributed by atoms with E-state index < -0.39 is 22.0 Å². The van der Waals surface area contributed by atoms with E-state index in [4.69, 9.17) is 9.84 Å². The van der Waals surface area contributed by atoms with E-state index in [1.54, 1.807) is 43.4 Å². The van der Waals surface area contributed by atoms with Crippen LogP contribution >= 0.6 is 0 Å². The zero-order valence-electron chi connectivity index (χ0n) is 17.1. The van der Waals surface area contributed by atoms with Crippen LogP contribution in [0.1, 0.15) is 11.1 Å². The van der Waals surface area contributed by atoms with Crippen LogP contribution in [-0.2, 0) is 37.5 Å². The molecule has 0 unspecified atom stereocenters. The number of carbonyl (C=O) groups is 2. The SMILES string of the molecule is CNCc1cc(-c2ccccc2COC(=O)/C=C/C(=O)O)n(S(=O)(=O)c2cccnc2)c1. The van der Waals surface area contributed by atoms with E-state index >= 15 is 0 Å². The minimum Gasteiger partial charge on any atom is -0.478 e. The molecule has 2 N–H and O–H groups in total. The summed E-state index contributed by atoms with van der Waals surface area (Å²) < 4.78 is 33.0. The molecule has 3 rings (SSSR count).